The lowest BCUT2D eigenvalue weighted by atomic mass is 10.2. The van der Waals surface area contributed by atoms with Crippen molar-refractivity contribution in [3.63, 3.8) is 0 Å². The van der Waals surface area contributed by atoms with Crippen molar-refractivity contribution in [3.05, 3.63) is 0 Å². The zero-order valence-electron chi connectivity index (χ0n) is 5.30. The minimum Gasteiger partial charge on any atom is -0.393 e. The molecule has 0 bridgehead atoms. The van der Waals surface area contributed by atoms with Crippen molar-refractivity contribution >= 4 is 14.5 Å². The summed E-state index contributed by atoms with van der Waals surface area (Å²) in [5, 5.41) is 8.76. The van der Waals surface area contributed by atoms with E-state index in [4.69, 9.17) is 5.11 Å². The van der Waals surface area contributed by atoms with Gasteiger partial charge in [0.1, 0.15) is 0 Å². The first-order chi connectivity index (χ1) is 3.77. The first kappa shape index (κ1) is 8.13. The maximum absolute atomic E-state index is 8.76. The van der Waals surface area contributed by atoms with Crippen molar-refractivity contribution in [1.29, 1.82) is 0 Å². The van der Waals surface area contributed by atoms with E-state index in [-0.39, 0.29) is 6.10 Å². The number of rotatable bonds is 4. The third-order valence-corrected chi connectivity index (χ3v) is 1.57. The van der Waals surface area contributed by atoms with Gasteiger partial charge in [0.15, 0.2) is 0 Å². The Kier molecular flexibility index (Phi) is 5.36. The Labute approximate surface area is 52.5 Å². The van der Waals surface area contributed by atoms with E-state index in [0.29, 0.717) is 0 Å². The zero-order chi connectivity index (χ0) is 6.41. The lowest BCUT2D eigenvalue weighted by Crippen LogP contribution is -1.98. The maximum atomic E-state index is 8.76. The van der Waals surface area contributed by atoms with Gasteiger partial charge in [-0.1, -0.05) is 6.30 Å². The Bertz CT molecular complexity index is 61.5. The fourth-order valence-electron chi connectivity index (χ4n) is 0.499. The molecule has 8 heavy (non-hydrogen) atoms. The number of aliphatic hydroxyl groups excluding tert-OH is 1. The monoisotopic (exact) mass is 132 g/mol. The van der Waals surface area contributed by atoms with Gasteiger partial charge in [-0.3, -0.25) is 0 Å². The average molecular weight is 132 g/mol. The lowest BCUT2D eigenvalue weighted by Gasteiger charge is -1.98. The molecule has 0 radical (unpaired) electrons. The van der Waals surface area contributed by atoms with Crippen molar-refractivity contribution in [3.8, 4) is 0 Å². The van der Waals surface area contributed by atoms with E-state index < -0.39 is 0 Å². The first-order valence-corrected chi connectivity index (χ1v) is 4.14. The molecular formula is C6H13OP. The summed E-state index contributed by atoms with van der Waals surface area (Å²) in [6.07, 6.45) is 6.68. The van der Waals surface area contributed by atoms with Crippen LogP contribution in [0.4, 0.5) is 0 Å². The highest BCUT2D eigenvalue weighted by Crippen LogP contribution is 2.00. The van der Waals surface area contributed by atoms with E-state index in [2.05, 4.69) is 6.30 Å². The second-order valence-corrected chi connectivity index (χ2v) is 2.83. The molecule has 0 aliphatic heterocycles. The summed E-state index contributed by atoms with van der Waals surface area (Å²) in [5.41, 5.74) is 0. The van der Waals surface area contributed by atoms with Crippen molar-refractivity contribution < 1.29 is 5.11 Å². The van der Waals surface area contributed by atoms with Crippen molar-refractivity contribution in [2.24, 2.45) is 0 Å². The molecule has 0 spiro atoms. The smallest absolute Gasteiger partial charge is 0.0512 e. The van der Waals surface area contributed by atoms with Gasteiger partial charge in [-0.15, -0.1) is 8.20 Å². The standard InChI is InChI=1S/C6H13OP/c1-6(7)4-3-5-8-2/h6-7H,2-5H2,1H3. The molecule has 1 N–H and O–H groups in total. The summed E-state index contributed by atoms with van der Waals surface area (Å²) in [4.78, 5) is 0. The summed E-state index contributed by atoms with van der Waals surface area (Å²) in [7, 11) is 1.19. The summed E-state index contributed by atoms with van der Waals surface area (Å²) in [6.45, 7) is 1.82. The molecular weight excluding hydrogens is 119 g/mol. The van der Waals surface area contributed by atoms with Crippen LogP contribution in [-0.2, 0) is 0 Å². The summed E-state index contributed by atoms with van der Waals surface area (Å²) in [5.74, 6) is 0. The molecule has 0 saturated carbocycles. The van der Waals surface area contributed by atoms with Crippen LogP contribution in [0.2, 0.25) is 0 Å². The van der Waals surface area contributed by atoms with E-state index in [1.165, 1.54) is 8.20 Å². The van der Waals surface area contributed by atoms with Crippen LogP contribution in [0.5, 0.6) is 0 Å². The topological polar surface area (TPSA) is 20.2 Å². The molecule has 0 amide bonds. The van der Waals surface area contributed by atoms with Crippen molar-refractivity contribution in [2.75, 3.05) is 6.16 Å². The second kappa shape index (κ2) is 5.27. The Morgan fingerprint density at radius 2 is 2.38 bits per heavy atom. The van der Waals surface area contributed by atoms with Crippen LogP contribution in [0, 0.1) is 0 Å². The van der Waals surface area contributed by atoms with Crippen LogP contribution in [0.1, 0.15) is 19.8 Å². The highest BCUT2D eigenvalue weighted by Gasteiger charge is 1.91. The Hall–Kier alpha value is 0.130. The van der Waals surface area contributed by atoms with Gasteiger partial charge >= 0.3 is 0 Å². The molecule has 2 heteroatoms. The van der Waals surface area contributed by atoms with Crippen LogP contribution in [0.25, 0.3) is 0 Å². The van der Waals surface area contributed by atoms with Crippen LogP contribution < -0.4 is 0 Å². The number of hydrogen-bond acceptors (Lipinski definition) is 1. The molecule has 0 aliphatic rings. The van der Waals surface area contributed by atoms with Crippen LogP contribution in [0.3, 0.4) is 0 Å². The number of aliphatic hydroxyl groups is 1. The summed E-state index contributed by atoms with van der Waals surface area (Å²) < 4.78 is 0. The molecule has 0 rings (SSSR count). The fraction of sp³-hybridized carbons (Fsp3) is 0.833. The molecule has 0 aromatic heterocycles. The first-order valence-electron chi connectivity index (χ1n) is 2.88. The highest BCUT2D eigenvalue weighted by atomic mass is 31.1. The number of hydrogen-bond donors (Lipinski definition) is 1. The fourth-order valence-corrected chi connectivity index (χ4v) is 0.905. The minimum atomic E-state index is -0.128. The summed E-state index contributed by atoms with van der Waals surface area (Å²) >= 11 is 0. The van der Waals surface area contributed by atoms with Crippen molar-refractivity contribution in [2.45, 2.75) is 25.9 Å². The maximum Gasteiger partial charge on any atom is 0.0512 e. The van der Waals surface area contributed by atoms with Gasteiger partial charge in [-0.25, -0.2) is 0 Å². The Balaban J connectivity index is 2.81. The van der Waals surface area contributed by atoms with Gasteiger partial charge in [0, 0.05) is 0 Å². The zero-order valence-corrected chi connectivity index (χ0v) is 6.19. The molecule has 1 unspecified atom stereocenters. The van der Waals surface area contributed by atoms with E-state index in [1.807, 2.05) is 6.92 Å². The quantitative estimate of drug-likeness (QED) is 0.454. The average Bonchev–Trinajstić information content (AvgIpc) is 1.66. The van der Waals surface area contributed by atoms with E-state index in [0.717, 1.165) is 19.0 Å². The predicted octanol–water partition coefficient (Wildman–Crippen LogP) is 1.53. The van der Waals surface area contributed by atoms with Crippen LogP contribution in [-0.4, -0.2) is 23.7 Å². The molecule has 0 aliphatic carbocycles. The molecule has 0 saturated heterocycles. The van der Waals surface area contributed by atoms with Gasteiger partial charge in [0.05, 0.1) is 6.10 Å². The molecule has 0 aromatic rings. The van der Waals surface area contributed by atoms with E-state index >= 15 is 0 Å². The predicted molar refractivity (Wildman–Crippen MR) is 39.8 cm³/mol. The van der Waals surface area contributed by atoms with Gasteiger partial charge in [0.25, 0.3) is 0 Å². The lowest BCUT2D eigenvalue weighted by molar-refractivity contribution is 0.184. The SMILES string of the molecule is C=PCCCC(C)O. The normalized spacial score (nSPS) is 14.2. The molecule has 48 valence electrons. The third kappa shape index (κ3) is 6.13. The van der Waals surface area contributed by atoms with Gasteiger partial charge < -0.3 is 5.11 Å². The minimum absolute atomic E-state index is 0.128. The molecule has 1 nitrogen and oxygen atoms in total. The molecule has 1 atom stereocenters. The molecule has 0 heterocycles. The van der Waals surface area contributed by atoms with E-state index in [1.54, 1.807) is 0 Å². The molecule has 0 fully saturated rings. The largest absolute Gasteiger partial charge is 0.393 e. The van der Waals surface area contributed by atoms with E-state index in [9.17, 15) is 0 Å². The van der Waals surface area contributed by atoms with Crippen molar-refractivity contribution in [1.82, 2.24) is 0 Å². The van der Waals surface area contributed by atoms with Gasteiger partial charge in [-0.2, -0.15) is 0 Å². The Morgan fingerprint density at radius 3 is 2.75 bits per heavy atom. The van der Waals surface area contributed by atoms with Crippen LogP contribution in [0.15, 0.2) is 0 Å². The summed E-state index contributed by atoms with van der Waals surface area (Å²) in [6, 6.07) is 0. The Morgan fingerprint density at radius 1 is 1.75 bits per heavy atom. The second-order valence-electron chi connectivity index (χ2n) is 1.94. The molecule has 0 aromatic carbocycles. The van der Waals surface area contributed by atoms with Crippen LogP contribution >= 0.6 is 8.20 Å². The third-order valence-electron chi connectivity index (χ3n) is 0.938. The highest BCUT2D eigenvalue weighted by molar-refractivity contribution is 7.36. The van der Waals surface area contributed by atoms with Gasteiger partial charge in [-0.05, 0) is 25.9 Å². The van der Waals surface area contributed by atoms with Gasteiger partial charge in [0.2, 0.25) is 0 Å².